The highest BCUT2D eigenvalue weighted by Gasteiger charge is 2.21. The zero-order valence-electron chi connectivity index (χ0n) is 14.1. The maximum Gasteiger partial charge on any atom is 0.225 e. The average molecular weight is 333 g/mol. The van der Waals surface area contributed by atoms with Crippen LogP contribution in [0.25, 0.3) is 11.3 Å². The van der Waals surface area contributed by atoms with Crippen molar-refractivity contribution in [2.75, 3.05) is 36.0 Å². The molecule has 0 unspecified atom stereocenters. The van der Waals surface area contributed by atoms with Gasteiger partial charge in [-0.3, -0.25) is 4.98 Å². The van der Waals surface area contributed by atoms with Crippen molar-refractivity contribution in [3.63, 3.8) is 0 Å². The molecule has 7 nitrogen and oxygen atoms in total. The number of piperazine rings is 1. The van der Waals surface area contributed by atoms with Crippen molar-refractivity contribution in [1.29, 1.82) is 0 Å². The van der Waals surface area contributed by atoms with E-state index in [1.165, 1.54) is 0 Å². The van der Waals surface area contributed by atoms with Crippen LogP contribution in [0.2, 0.25) is 0 Å². The SMILES string of the molecule is Cc1ccnc(N2CCN(c3nccc(-c4cccnc4)n3)CC2)n1. The number of rotatable bonds is 3. The minimum atomic E-state index is 0.756. The normalized spacial score (nSPS) is 14.6. The quantitative estimate of drug-likeness (QED) is 0.725. The third-order valence-corrected chi connectivity index (χ3v) is 4.23. The molecule has 7 heteroatoms. The molecule has 25 heavy (non-hydrogen) atoms. The Hall–Kier alpha value is -3.09. The summed E-state index contributed by atoms with van der Waals surface area (Å²) in [4.78, 5) is 26.6. The maximum absolute atomic E-state index is 4.70. The van der Waals surface area contributed by atoms with Gasteiger partial charge in [-0.05, 0) is 31.2 Å². The lowest BCUT2D eigenvalue weighted by atomic mass is 10.2. The van der Waals surface area contributed by atoms with Gasteiger partial charge < -0.3 is 9.80 Å². The molecular weight excluding hydrogens is 314 g/mol. The Morgan fingerprint density at radius 3 is 2.12 bits per heavy atom. The number of pyridine rings is 1. The summed E-state index contributed by atoms with van der Waals surface area (Å²) in [6.07, 6.45) is 7.20. The molecule has 0 saturated carbocycles. The zero-order chi connectivity index (χ0) is 17.1. The van der Waals surface area contributed by atoms with Gasteiger partial charge in [0.1, 0.15) is 0 Å². The summed E-state index contributed by atoms with van der Waals surface area (Å²) in [6.45, 7) is 5.37. The van der Waals surface area contributed by atoms with E-state index in [1.807, 2.05) is 43.6 Å². The van der Waals surface area contributed by atoms with Crippen molar-refractivity contribution in [3.8, 4) is 11.3 Å². The van der Waals surface area contributed by atoms with Crippen LogP contribution in [-0.2, 0) is 0 Å². The summed E-state index contributed by atoms with van der Waals surface area (Å²) in [5.41, 5.74) is 2.88. The first-order chi connectivity index (χ1) is 12.3. The topological polar surface area (TPSA) is 70.9 Å². The molecule has 0 bridgehead atoms. The molecule has 3 aromatic heterocycles. The second-order valence-electron chi connectivity index (χ2n) is 5.96. The van der Waals surface area contributed by atoms with E-state index in [-0.39, 0.29) is 0 Å². The Kier molecular flexibility index (Phi) is 4.20. The molecule has 1 saturated heterocycles. The Morgan fingerprint density at radius 2 is 1.48 bits per heavy atom. The third kappa shape index (κ3) is 3.40. The predicted molar refractivity (Wildman–Crippen MR) is 96.5 cm³/mol. The van der Waals surface area contributed by atoms with Crippen molar-refractivity contribution in [1.82, 2.24) is 24.9 Å². The second kappa shape index (κ2) is 6.80. The fourth-order valence-corrected chi connectivity index (χ4v) is 2.87. The fourth-order valence-electron chi connectivity index (χ4n) is 2.87. The van der Waals surface area contributed by atoms with Gasteiger partial charge in [0.15, 0.2) is 0 Å². The lowest BCUT2D eigenvalue weighted by Gasteiger charge is -2.34. The molecule has 0 radical (unpaired) electrons. The summed E-state index contributed by atoms with van der Waals surface area (Å²) in [7, 11) is 0. The van der Waals surface area contributed by atoms with Crippen LogP contribution in [0.3, 0.4) is 0 Å². The smallest absolute Gasteiger partial charge is 0.225 e. The van der Waals surface area contributed by atoms with E-state index >= 15 is 0 Å². The average Bonchev–Trinajstić information content (AvgIpc) is 2.69. The monoisotopic (exact) mass is 333 g/mol. The van der Waals surface area contributed by atoms with Crippen LogP contribution in [0.15, 0.2) is 49.1 Å². The largest absolute Gasteiger partial charge is 0.337 e. The first-order valence-corrected chi connectivity index (χ1v) is 8.32. The maximum atomic E-state index is 4.70. The van der Waals surface area contributed by atoms with E-state index in [0.29, 0.717) is 0 Å². The van der Waals surface area contributed by atoms with Crippen molar-refractivity contribution in [3.05, 3.63) is 54.7 Å². The number of hydrogen-bond acceptors (Lipinski definition) is 7. The number of anilines is 2. The predicted octanol–water partition coefficient (Wildman–Crippen LogP) is 1.96. The van der Waals surface area contributed by atoms with E-state index in [2.05, 4.69) is 29.7 Å². The summed E-state index contributed by atoms with van der Waals surface area (Å²) in [6, 6.07) is 7.75. The highest BCUT2D eigenvalue weighted by Crippen LogP contribution is 2.19. The first kappa shape index (κ1) is 15.4. The minimum absolute atomic E-state index is 0.756. The van der Waals surface area contributed by atoms with Gasteiger partial charge in [0.2, 0.25) is 11.9 Å². The molecule has 0 amide bonds. The number of aryl methyl sites for hydroxylation is 1. The molecule has 0 aliphatic carbocycles. The molecule has 1 fully saturated rings. The van der Waals surface area contributed by atoms with Crippen LogP contribution in [0.1, 0.15) is 5.69 Å². The Bertz CT molecular complexity index is 845. The fraction of sp³-hybridized carbons (Fsp3) is 0.278. The molecule has 1 aliphatic heterocycles. The van der Waals surface area contributed by atoms with Gasteiger partial charge in [-0.25, -0.2) is 19.9 Å². The first-order valence-electron chi connectivity index (χ1n) is 8.32. The van der Waals surface area contributed by atoms with Crippen molar-refractivity contribution in [2.24, 2.45) is 0 Å². The van der Waals surface area contributed by atoms with Crippen LogP contribution in [0.4, 0.5) is 11.9 Å². The number of hydrogen-bond donors (Lipinski definition) is 0. The third-order valence-electron chi connectivity index (χ3n) is 4.23. The van der Waals surface area contributed by atoms with Gasteiger partial charge in [0.05, 0.1) is 5.69 Å². The minimum Gasteiger partial charge on any atom is -0.337 e. The van der Waals surface area contributed by atoms with E-state index in [0.717, 1.165) is 55.0 Å². The Labute approximate surface area is 146 Å². The molecule has 0 aromatic carbocycles. The van der Waals surface area contributed by atoms with E-state index < -0.39 is 0 Å². The molecule has 4 rings (SSSR count). The molecular formula is C18H19N7. The van der Waals surface area contributed by atoms with E-state index in [9.17, 15) is 0 Å². The van der Waals surface area contributed by atoms with Crippen LogP contribution in [0.5, 0.6) is 0 Å². The van der Waals surface area contributed by atoms with Gasteiger partial charge in [-0.2, -0.15) is 0 Å². The summed E-state index contributed by atoms with van der Waals surface area (Å²) < 4.78 is 0. The summed E-state index contributed by atoms with van der Waals surface area (Å²) in [5.74, 6) is 1.55. The van der Waals surface area contributed by atoms with E-state index in [1.54, 1.807) is 12.4 Å². The second-order valence-corrected chi connectivity index (χ2v) is 5.96. The molecule has 126 valence electrons. The standard InChI is InChI=1S/C18H19N7/c1-14-4-7-20-17(22-14)24-9-11-25(12-10-24)18-21-8-5-16(23-18)15-3-2-6-19-13-15/h2-8,13H,9-12H2,1H3. The van der Waals surface area contributed by atoms with Crippen LogP contribution < -0.4 is 9.80 Å². The molecule has 0 N–H and O–H groups in total. The molecule has 0 atom stereocenters. The number of nitrogens with zero attached hydrogens (tertiary/aromatic N) is 7. The van der Waals surface area contributed by atoms with Crippen LogP contribution in [0, 0.1) is 6.92 Å². The highest BCUT2D eigenvalue weighted by molar-refractivity contribution is 5.58. The molecule has 1 aliphatic rings. The van der Waals surface area contributed by atoms with Crippen molar-refractivity contribution >= 4 is 11.9 Å². The van der Waals surface area contributed by atoms with Gasteiger partial charge >= 0.3 is 0 Å². The summed E-state index contributed by atoms with van der Waals surface area (Å²) >= 11 is 0. The van der Waals surface area contributed by atoms with Gasteiger partial charge in [-0.15, -0.1) is 0 Å². The summed E-state index contributed by atoms with van der Waals surface area (Å²) in [5, 5.41) is 0. The van der Waals surface area contributed by atoms with Crippen LogP contribution >= 0.6 is 0 Å². The van der Waals surface area contributed by atoms with E-state index in [4.69, 9.17) is 4.98 Å². The molecule has 0 spiro atoms. The van der Waals surface area contributed by atoms with Gasteiger partial charge in [0.25, 0.3) is 0 Å². The van der Waals surface area contributed by atoms with Gasteiger partial charge in [-0.1, -0.05) is 0 Å². The molecule has 3 aromatic rings. The lowest BCUT2D eigenvalue weighted by molar-refractivity contribution is 0.627. The number of aromatic nitrogens is 5. The van der Waals surface area contributed by atoms with Crippen molar-refractivity contribution < 1.29 is 0 Å². The Balaban J connectivity index is 1.48. The van der Waals surface area contributed by atoms with Crippen LogP contribution in [-0.4, -0.2) is 51.1 Å². The highest BCUT2D eigenvalue weighted by atomic mass is 15.3. The molecule has 4 heterocycles. The zero-order valence-corrected chi connectivity index (χ0v) is 14.1. The van der Waals surface area contributed by atoms with Gasteiger partial charge in [0, 0.05) is 62.2 Å². The lowest BCUT2D eigenvalue weighted by Crippen LogP contribution is -2.47. The van der Waals surface area contributed by atoms with Crippen molar-refractivity contribution in [2.45, 2.75) is 6.92 Å². The Morgan fingerprint density at radius 1 is 0.800 bits per heavy atom.